The van der Waals surface area contributed by atoms with E-state index in [9.17, 15) is 9.18 Å². The number of nitrogens with zero attached hydrogens (tertiary/aromatic N) is 1. The fourth-order valence-electron chi connectivity index (χ4n) is 3.96. The molecule has 4 rings (SSSR count). The summed E-state index contributed by atoms with van der Waals surface area (Å²) < 4.78 is 24.7. The number of carbonyl (C=O) groups excluding carboxylic acids is 1. The summed E-state index contributed by atoms with van der Waals surface area (Å²) in [6.45, 7) is 0.796. The standard InChI is InChI=1S/C22H24FNO3/c23-19-8-4-1-5-17(19)10-12-22(25)24(18-6-2-3-7-18)14-16-9-11-20-21(13-16)27-15-26-20/h1,4-5,8-9,11,13,18H,2-3,6-7,10,12,14-15H2. The van der Waals surface area contributed by atoms with Crippen molar-refractivity contribution in [1.82, 2.24) is 4.90 Å². The van der Waals surface area contributed by atoms with E-state index in [1.807, 2.05) is 29.2 Å². The number of hydrogen-bond acceptors (Lipinski definition) is 3. The summed E-state index contributed by atoms with van der Waals surface area (Å²) in [4.78, 5) is 15.0. The first kappa shape index (κ1) is 17.8. The van der Waals surface area contributed by atoms with Gasteiger partial charge in [-0.05, 0) is 48.6 Å². The summed E-state index contributed by atoms with van der Waals surface area (Å²) in [5.74, 6) is 1.33. The molecule has 0 radical (unpaired) electrons. The predicted octanol–water partition coefficient (Wildman–Crippen LogP) is 4.46. The van der Waals surface area contributed by atoms with Gasteiger partial charge in [0.05, 0.1) is 0 Å². The Balaban J connectivity index is 1.47. The Labute approximate surface area is 158 Å². The lowest BCUT2D eigenvalue weighted by Gasteiger charge is -2.29. The fourth-order valence-corrected chi connectivity index (χ4v) is 3.96. The molecule has 2 aromatic carbocycles. The van der Waals surface area contributed by atoms with Gasteiger partial charge in [-0.3, -0.25) is 4.79 Å². The number of carbonyl (C=O) groups is 1. The minimum Gasteiger partial charge on any atom is -0.454 e. The molecule has 1 fully saturated rings. The van der Waals surface area contributed by atoms with Gasteiger partial charge in [0.1, 0.15) is 5.82 Å². The molecule has 0 aromatic heterocycles. The number of hydrogen-bond donors (Lipinski definition) is 0. The molecule has 5 heteroatoms. The molecule has 4 nitrogen and oxygen atoms in total. The number of fused-ring (bicyclic) bond motifs is 1. The molecule has 1 aliphatic carbocycles. The Morgan fingerprint density at radius 1 is 1.07 bits per heavy atom. The molecule has 0 spiro atoms. The van der Waals surface area contributed by atoms with E-state index in [1.165, 1.54) is 6.07 Å². The van der Waals surface area contributed by atoms with Crippen LogP contribution in [0, 0.1) is 5.82 Å². The molecule has 2 aliphatic rings. The van der Waals surface area contributed by atoms with Crippen molar-refractivity contribution in [2.24, 2.45) is 0 Å². The third-order valence-electron chi connectivity index (χ3n) is 5.44. The molecule has 142 valence electrons. The van der Waals surface area contributed by atoms with Crippen LogP contribution in [0.2, 0.25) is 0 Å². The maximum absolute atomic E-state index is 13.9. The molecule has 1 aliphatic heterocycles. The Bertz CT molecular complexity index is 817. The van der Waals surface area contributed by atoms with Gasteiger partial charge in [-0.1, -0.05) is 37.1 Å². The molecular formula is C22H24FNO3. The molecule has 1 saturated carbocycles. The number of halogens is 1. The molecular weight excluding hydrogens is 345 g/mol. The van der Waals surface area contributed by atoms with Gasteiger partial charge in [-0.25, -0.2) is 4.39 Å². The van der Waals surface area contributed by atoms with Crippen LogP contribution >= 0.6 is 0 Å². The summed E-state index contributed by atoms with van der Waals surface area (Å²) in [7, 11) is 0. The van der Waals surface area contributed by atoms with Gasteiger partial charge in [-0.2, -0.15) is 0 Å². The second kappa shape index (κ2) is 7.99. The van der Waals surface area contributed by atoms with Crippen LogP contribution in [0.5, 0.6) is 11.5 Å². The van der Waals surface area contributed by atoms with Crippen LogP contribution in [-0.4, -0.2) is 23.6 Å². The zero-order valence-electron chi connectivity index (χ0n) is 15.3. The third-order valence-corrected chi connectivity index (χ3v) is 5.44. The molecule has 0 unspecified atom stereocenters. The highest BCUT2D eigenvalue weighted by molar-refractivity contribution is 5.77. The fraction of sp³-hybridized carbons (Fsp3) is 0.409. The minimum atomic E-state index is -0.242. The topological polar surface area (TPSA) is 38.8 Å². The van der Waals surface area contributed by atoms with E-state index >= 15 is 0 Å². The van der Waals surface area contributed by atoms with Crippen LogP contribution in [0.15, 0.2) is 42.5 Å². The van der Waals surface area contributed by atoms with Crippen molar-refractivity contribution < 1.29 is 18.7 Å². The molecule has 0 bridgehead atoms. The molecule has 2 aromatic rings. The molecule has 27 heavy (non-hydrogen) atoms. The predicted molar refractivity (Wildman–Crippen MR) is 100 cm³/mol. The van der Waals surface area contributed by atoms with Gasteiger partial charge < -0.3 is 14.4 Å². The number of rotatable bonds is 6. The maximum Gasteiger partial charge on any atom is 0.231 e. The number of benzene rings is 2. The first-order valence-electron chi connectivity index (χ1n) is 9.62. The van der Waals surface area contributed by atoms with E-state index in [4.69, 9.17) is 9.47 Å². The smallest absolute Gasteiger partial charge is 0.231 e. The van der Waals surface area contributed by atoms with E-state index in [2.05, 4.69) is 0 Å². The molecule has 1 amide bonds. The van der Waals surface area contributed by atoms with Crippen LogP contribution in [0.1, 0.15) is 43.2 Å². The van der Waals surface area contributed by atoms with E-state index in [0.717, 1.165) is 42.7 Å². The van der Waals surface area contributed by atoms with E-state index in [1.54, 1.807) is 12.1 Å². The van der Waals surface area contributed by atoms with Gasteiger partial charge in [0.25, 0.3) is 0 Å². The zero-order chi connectivity index (χ0) is 18.6. The lowest BCUT2D eigenvalue weighted by Crippen LogP contribution is -2.38. The van der Waals surface area contributed by atoms with Crippen LogP contribution in [-0.2, 0) is 17.8 Å². The van der Waals surface area contributed by atoms with Crippen molar-refractivity contribution in [3.63, 3.8) is 0 Å². The Hall–Kier alpha value is -2.56. The minimum absolute atomic E-state index is 0.0859. The van der Waals surface area contributed by atoms with Crippen LogP contribution in [0.25, 0.3) is 0 Å². The van der Waals surface area contributed by atoms with Gasteiger partial charge in [0.15, 0.2) is 11.5 Å². The van der Waals surface area contributed by atoms with Gasteiger partial charge >= 0.3 is 0 Å². The Kier molecular flexibility index (Phi) is 5.28. The molecule has 0 N–H and O–H groups in total. The quantitative estimate of drug-likeness (QED) is 0.755. The number of amides is 1. The summed E-state index contributed by atoms with van der Waals surface area (Å²) in [5.41, 5.74) is 1.63. The number of ether oxygens (including phenoxy) is 2. The molecule has 0 atom stereocenters. The van der Waals surface area contributed by atoms with Gasteiger partial charge in [0, 0.05) is 19.0 Å². The first-order valence-corrected chi connectivity index (χ1v) is 9.62. The lowest BCUT2D eigenvalue weighted by atomic mass is 10.1. The highest BCUT2D eigenvalue weighted by Crippen LogP contribution is 2.34. The van der Waals surface area contributed by atoms with E-state index in [-0.39, 0.29) is 24.6 Å². The summed E-state index contributed by atoms with van der Waals surface area (Å²) in [6.07, 6.45) is 5.13. The Morgan fingerprint density at radius 3 is 2.67 bits per heavy atom. The number of aryl methyl sites for hydroxylation is 1. The van der Waals surface area contributed by atoms with Gasteiger partial charge in [-0.15, -0.1) is 0 Å². The van der Waals surface area contributed by atoms with Crippen molar-refractivity contribution in [2.75, 3.05) is 6.79 Å². The Morgan fingerprint density at radius 2 is 1.85 bits per heavy atom. The monoisotopic (exact) mass is 369 g/mol. The zero-order valence-corrected chi connectivity index (χ0v) is 15.3. The van der Waals surface area contributed by atoms with Crippen LogP contribution < -0.4 is 9.47 Å². The molecule has 0 saturated heterocycles. The van der Waals surface area contributed by atoms with Gasteiger partial charge in [0.2, 0.25) is 12.7 Å². The molecule has 1 heterocycles. The van der Waals surface area contributed by atoms with Crippen molar-refractivity contribution in [3.8, 4) is 11.5 Å². The summed E-state index contributed by atoms with van der Waals surface area (Å²) >= 11 is 0. The van der Waals surface area contributed by atoms with Crippen molar-refractivity contribution in [1.29, 1.82) is 0 Å². The van der Waals surface area contributed by atoms with Crippen molar-refractivity contribution in [2.45, 2.75) is 51.1 Å². The largest absolute Gasteiger partial charge is 0.454 e. The van der Waals surface area contributed by atoms with Crippen LogP contribution in [0.3, 0.4) is 0 Å². The van der Waals surface area contributed by atoms with Crippen LogP contribution in [0.4, 0.5) is 4.39 Å². The second-order valence-corrected chi connectivity index (χ2v) is 7.24. The highest BCUT2D eigenvalue weighted by atomic mass is 19.1. The average Bonchev–Trinajstić information content (AvgIpc) is 3.36. The normalized spacial score (nSPS) is 15.9. The highest BCUT2D eigenvalue weighted by Gasteiger charge is 2.27. The second-order valence-electron chi connectivity index (χ2n) is 7.24. The van der Waals surface area contributed by atoms with E-state index < -0.39 is 0 Å². The summed E-state index contributed by atoms with van der Waals surface area (Å²) in [6, 6.07) is 12.8. The maximum atomic E-state index is 13.9. The SMILES string of the molecule is O=C(CCc1ccccc1F)N(Cc1ccc2c(c1)OCO2)C1CCCC1. The lowest BCUT2D eigenvalue weighted by molar-refractivity contribution is -0.134. The van der Waals surface area contributed by atoms with Crippen molar-refractivity contribution in [3.05, 3.63) is 59.4 Å². The van der Waals surface area contributed by atoms with E-state index in [0.29, 0.717) is 24.9 Å². The summed E-state index contributed by atoms with van der Waals surface area (Å²) in [5, 5.41) is 0. The average molecular weight is 369 g/mol. The first-order chi connectivity index (χ1) is 13.2. The third kappa shape index (κ3) is 4.07. The van der Waals surface area contributed by atoms with Crippen molar-refractivity contribution >= 4 is 5.91 Å².